The molecule has 1 aromatic carbocycles. The lowest BCUT2D eigenvalue weighted by atomic mass is 10.3. The van der Waals surface area contributed by atoms with Gasteiger partial charge in [0.25, 0.3) is 5.91 Å². The van der Waals surface area contributed by atoms with Crippen LogP contribution in [0.1, 0.15) is 6.92 Å². The largest absolute Gasteiger partial charge is 0.452 e. The number of anilines is 1. The van der Waals surface area contributed by atoms with Crippen molar-refractivity contribution in [2.75, 3.05) is 11.9 Å². The Hall–Kier alpha value is -2.31. The van der Waals surface area contributed by atoms with Crippen molar-refractivity contribution < 1.29 is 27.5 Å². The molecular formula is C12H10F3NO3. The van der Waals surface area contributed by atoms with Gasteiger partial charge in [0.1, 0.15) is 0 Å². The minimum atomic E-state index is -1.69. The summed E-state index contributed by atoms with van der Waals surface area (Å²) in [5.41, 5.74) is -0.536. The van der Waals surface area contributed by atoms with Crippen LogP contribution in [0.2, 0.25) is 0 Å². The molecule has 19 heavy (non-hydrogen) atoms. The van der Waals surface area contributed by atoms with E-state index in [2.05, 4.69) is 4.74 Å². The molecule has 1 aromatic rings. The predicted octanol–water partition coefficient (Wildman–Crippen LogP) is 2.16. The van der Waals surface area contributed by atoms with Gasteiger partial charge >= 0.3 is 5.97 Å². The number of esters is 1. The second-order valence-electron chi connectivity index (χ2n) is 3.38. The first-order chi connectivity index (χ1) is 8.95. The van der Waals surface area contributed by atoms with E-state index < -0.39 is 41.6 Å². The van der Waals surface area contributed by atoms with E-state index in [1.54, 1.807) is 6.92 Å². The van der Waals surface area contributed by atoms with Crippen LogP contribution in [0.25, 0.3) is 0 Å². The fourth-order valence-electron chi connectivity index (χ4n) is 1.13. The Morgan fingerprint density at radius 1 is 1.26 bits per heavy atom. The summed E-state index contributed by atoms with van der Waals surface area (Å²) in [6, 6.07) is 1.53. The van der Waals surface area contributed by atoms with Crippen LogP contribution in [0, 0.1) is 17.5 Å². The van der Waals surface area contributed by atoms with Crippen molar-refractivity contribution >= 4 is 17.6 Å². The van der Waals surface area contributed by atoms with Crippen LogP contribution in [-0.4, -0.2) is 18.5 Å². The van der Waals surface area contributed by atoms with E-state index in [9.17, 15) is 22.8 Å². The van der Waals surface area contributed by atoms with E-state index in [4.69, 9.17) is 0 Å². The van der Waals surface area contributed by atoms with Gasteiger partial charge in [-0.05, 0) is 19.1 Å². The van der Waals surface area contributed by atoms with Gasteiger partial charge < -0.3 is 10.1 Å². The van der Waals surface area contributed by atoms with Gasteiger partial charge in [0, 0.05) is 6.08 Å². The van der Waals surface area contributed by atoms with E-state index >= 15 is 0 Å². The van der Waals surface area contributed by atoms with Crippen LogP contribution in [0.15, 0.2) is 24.3 Å². The van der Waals surface area contributed by atoms with Gasteiger partial charge in [0.05, 0.1) is 5.69 Å². The number of carbonyl (C=O) groups excluding carboxylic acids is 2. The van der Waals surface area contributed by atoms with Gasteiger partial charge in [-0.15, -0.1) is 0 Å². The first-order valence-corrected chi connectivity index (χ1v) is 5.18. The molecule has 0 aliphatic carbocycles. The molecule has 0 aliphatic heterocycles. The van der Waals surface area contributed by atoms with Crippen LogP contribution in [0.5, 0.6) is 0 Å². The highest BCUT2D eigenvalue weighted by Crippen LogP contribution is 2.19. The Labute approximate surface area is 106 Å². The molecule has 102 valence electrons. The van der Waals surface area contributed by atoms with Crippen LogP contribution < -0.4 is 5.32 Å². The molecule has 0 aromatic heterocycles. The molecule has 0 unspecified atom stereocenters. The van der Waals surface area contributed by atoms with Gasteiger partial charge in [0.15, 0.2) is 24.1 Å². The van der Waals surface area contributed by atoms with Crippen LogP contribution in [0.3, 0.4) is 0 Å². The molecular weight excluding hydrogens is 263 g/mol. The van der Waals surface area contributed by atoms with Crippen molar-refractivity contribution in [3.05, 3.63) is 41.7 Å². The summed E-state index contributed by atoms with van der Waals surface area (Å²) in [5, 5.41) is 1.95. The first-order valence-electron chi connectivity index (χ1n) is 5.18. The normalized spacial score (nSPS) is 10.5. The maximum atomic E-state index is 13.2. The number of rotatable bonds is 4. The molecule has 4 nitrogen and oxygen atoms in total. The molecule has 1 amide bonds. The Morgan fingerprint density at radius 3 is 2.58 bits per heavy atom. The maximum Gasteiger partial charge on any atom is 0.330 e. The van der Waals surface area contributed by atoms with Crippen molar-refractivity contribution in [3.63, 3.8) is 0 Å². The van der Waals surface area contributed by atoms with Gasteiger partial charge in [-0.25, -0.2) is 18.0 Å². The molecule has 0 heterocycles. The van der Waals surface area contributed by atoms with E-state index in [-0.39, 0.29) is 0 Å². The number of allylic oxidation sites excluding steroid dienone is 1. The monoisotopic (exact) mass is 273 g/mol. The Balaban J connectivity index is 2.63. The summed E-state index contributed by atoms with van der Waals surface area (Å²) in [5.74, 6) is -6.20. The summed E-state index contributed by atoms with van der Waals surface area (Å²) in [4.78, 5) is 22.2. The minimum absolute atomic E-state index is 0.536. The number of carbonyl (C=O) groups is 2. The minimum Gasteiger partial charge on any atom is -0.452 e. The third-order valence-corrected chi connectivity index (χ3v) is 1.96. The number of ether oxygens (including phenoxy) is 1. The smallest absolute Gasteiger partial charge is 0.330 e. The Bertz CT molecular complexity index is 529. The lowest BCUT2D eigenvalue weighted by molar-refractivity contribution is -0.142. The van der Waals surface area contributed by atoms with Gasteiger partial charge in [-0.1, -0.05) is 6.08 Å². The first kappa shape index (κ1) is 14.7. The third kappa shape index (κ3) is 4.13. The SMILES string of the molecule is C/C=C/C(=O)OCC(=O)Nc1ccc(F)c(F)c1F. The lowest BCUT2D eigenvalue weighted by Gasteiger charge is -2.07. The zero-order valence-corrected chi connectivity index (χ0v) is 9.88. The van der Waals surface area contributed by atoms with E-state index in [1.807, 2.05) is 5.32 Å². The van der Waals surface area contributed by atoms with Crippen LogP contribution in [-0.2, 0) is 14.3 Å². The molecule has 1 N–H and O–H groups in total. The maximum absolute atomic E-state index is 13.2. The lowest BCUT2D eigenvalue weighted by Crippen LogP contribution is -2.21. The molecule has 0 aliphatic rings. The standard InChI is InChI=1S/C12H10F3NO3/c1-2-3-10(18)19-6-9(17)16-8-5-4-7(13)11(14)12(8)15/h2-5H,6H2,1H3,(H,16,17)/b3-2+. The van der Waals surface area contributed by atoms with E-state index in [0.29, 0.717) is 6.07 Å². The average Bonchev–Trinajstić information content (AvgIpc) is 2.37. The molecule has 0 fully saturated rings. The van der Waals surface area contributed by atoms with Crippen molar-refractivity contribution in [2.24, 2.45) is 0 Å². The highest BCUT2D eigenvalue weighted by molar-refractivity contribution is 5.93. The van der Waals surface area contributed by atoms with Crippen molar-refractivity contribution in [3.8, 4) is 0 Å². The highest BCUT2D eigenvalue weighted by atomic mass is 19.2. The van der Waals surface area contributed by atoms with Crippen molar-refractivity contribution in [1.29, 1.82) is 0 Å². The zero-order valence-electron chi connectivity index (χ0n) is 9.88. The molecule has 0 saturated carbocycles. The summed E-state index contributed by atoms with van der Waals surface area (Å²) in [6.07, 6.45) is 2.50. The number of nitrogens with one attached hydrogen (secondary N) is 1. The second kappa shape index (κ2) is 6.58. The molecule has 0 saturated heterocycles. The Kier molecular flexibility index (Phi) is 5.11. The quantitative estimate of drug-likeness (QED) is 0.519. The molecule has 0 atom stereocenters. The molecule has 7 heteroatoms. The van der Waals surface area contributed by atoms with Gasteiger partial charge in [0.2, 0.25) is 0 Å². The fourth-order valence-corrected chi connectivity index (χ4v) is 1.13. The third-order valence-electron chi connectivity index (χ3n) is 1.96. The average molecular weight is 273 g/mol. The van der Waals surface area contributed by atoms with Gasteiger partial charge in [-0.2, -0.15) is 0 Å². The molecule has 0 bridgehead atoms. The second-order valence-corrected chi connectivity index (χ2v) is 3.38. The van der Waals surface area contributed by atoms with Crippen molar-refractivity contribution in [1.82, 2.24) is 0 Å². The topological polar surface area (TPSA) is 55.4 Å². The van der Waals surface area contributed by atoms with Crippen LogP contribution in [0.4, 0.5) is 18.9 Å². The number of benzene rings is 1. The number of hydrogen-bond donors (Lipinski definition) is 1. The number of hydrogen-bond acceptors (Lipinski definition) is 3. The zero-order chi connectivity index (χ0) is 14.4. The summed E-state index contributed by atoms with van der Waals surface area (Å²) in [7, 11) is 0. The summed E-state index contributed by atoms with van der Waals surface area (Å²) < 4.78 is 43.2. The molecule has 1 rings (SSSR count). The van der Waals surface area contributed by atoms with Crippen molar-refractivity contribution in [2.45, 2.75) is 6.92 Å². The van der Waals surface area contributed by atoms with Gasteiger partial charge in [-0.3, -0.25) is 4.79 Å². The number of amides is 1. The van der Waals surface area contributed by atoms with E-state index in [0.717, 1.165) is 12.1 Å². The molecule has 0 radical (unpaired) electrons. The van der Waals surface area contributed by atoms with Crippen LogP contribution >= 0.6 is 0 Å². The number of halogens is 3. The highest BCUT2D eigenvalue weighted by Gasteiger charge is 2.15. The molecule has 0 spiro atoms. The predicted molar refractivity (Wildman–Crippen MR) is 60.7 cm³/mol. The summed E-state index contributed by atoms with van der Waals surface area (Å²) >= 11 is 0. The Morgan fingerprint density at radius 2 is 1.95 bits per heavy atom. The fraction of sp³-hybridized carbons (Fsp3) is 0.167. The summed E-state index contributed by atoms with van der Waals surface area (Å²) in [6.45, 7) is 0.916. The van der Waals surface area contributed by atoms with E-state index in [1.165, 1.54) is 6.08 Å².